The van der Waals surface area contributed by atoms with Gasteiger partial charge in [0.1, 0.15) is 11.6 Å². The molecule has 0 atom stereocenters. The summed E-state index contributed by atoms with van der Waals surface area (Å²) in [5.74, 6) is 2.26. The van der Waals surface area contributed by atoms with Gasteiger partial charge < -0.3 is 16.0 Å². The van der Waals surface area contributed by atoms with E-state index >= 15 is 0 Å². The minimum atomic E-state index is 0.453. The van der Waals surface area contributed by atoms with Gasteiger partial charge in [0, 0.05) is 28.9 Å². The predicted octanol–water partition coefficient (Wildman–Crippen LogP) is 5.36. The third-order valence-electron chi connectivity index (χ3n) is 6.73. The molecule has 0 spiro atoms. The lowest BCUT2D eigenvalue weighted by atomic mass is 9.87. The summed E-state index contributed by atoms with van der Waals surface area (Å²) in [6.07, 6.45) is 14.2. The zero-order chi connectivity index (χ0) is 21.8. The fraction of sp³-hybridized carbons (Fsp3) is 0.423. The molecule has 2 aromatic heterocycles. The molecule has 6 nitrogen and oxygen atoms in total. The fourth-order valence-corrected chi connectivity index (χ4v) is 4.84. The summed E-state index contributed by atoms with van der Waals surface area (Å²) in [6, 6.07) is 8.93. The first kappa shape index (κ1) is 20.9. The van der Waals surface area contributed by atoms with E-state index in [2.05, 4.69) is 56.8 Å². The highest BCUT2D eigenvalue weighted by Gasteiger charge is 2.17. The summed E-state index contributed by atoms with van der Waals surface area (Å²) < 4.78 is 0. The van der Waals surface area contributed by atoms with E-state index in [9.17, 15) is 0 Å². The molecule has 0 amide bonds. The van der Waals surface area contributed by atoms with Gasteiger partial charge in [0.25, 0.3) is 0 Å². The van der Waals surface area contributed by atoms with E-state index in [4.69, 9.17) is 4.98 Å². The molecule has 3 heterocycles. The lowest BCUT2D eigenvalue weighted by Gasteiger charge is -2.24. The molecule has 1 saturated heterocycles. The molecule has 6 heteroatoms. The lowest BCUT2D eigenvalue weighted by Crippen LogP contribution is -2.35. The van der Waals surface area contributed by atoms with E-state index in [1.54, 1.807) is 0 Å². The van der Waals surface area contributed by atoms with Gasteiger partial charge in [0.05, 0.1) is 18.1 Å². The standard InChI is InChI=1S/C26H32N6/c1-18(19-5-3-2-4-6-19)30-25-14-22-13-20(7-8-21(22)15-29-25)24-16-28-17-26(32-24)31-23-9-11-27-12-10-23/h7-8,13-17,19,23,27H,1-6,9-12H2,(H,29,30)(H,31,32). The average Bonchev–Trinajstić information content (AvgIpc) is 2.85. The molecule has 166 valence electrons. The number of rotatable bonds is 6. The van der Waals surface area contributed by atoms with Crippen LogP contribution >= 0.6 is 0 Å². The van der Waals surface area contributed by atoms with Crippen molar-refractivity contribution in [1.29, 1.82) is 0 Å². The topological polar surface area (TPSA) is 74.8 Å². The van der Waals surface area contributed by atoms with Crippen LogP contribution in [-0.2, 0) is 0 Å². The molecule has 32 heavy (non-hydrogen) atoms. The van der Waals surface area contributed by atoms with Gasteiger partial charge in [-0.2, -0.15) is 0 Å². The van der Waals surface area contributed by atoms with E-state index < -0.39 is 0 Å². The number of hydrogen-bond acceptors (Lipinski definition) is 6. The number of nitrogens with one attached hydrogen (secondary N) is 3. The molecule has 1 aromatic carbocycles. The van der Waals surface area contributed by atoms with Gasteiger partial charge >= 0.3 is 0 Å². The Kier molecular flexibility index (Phi) is 6.30. The van der Waals surface area contributed by atoms with Crippen molar-refractivity contribution in [1.82, 2.24) is 20.3 Å². The SMILES string of the molecule is C=C(Nc1cc2cc(-c3cncc(NC4CCNCC4)n3)ccc2cn1)C1CCCCC1. The quantitative estimate of drug-likeness (QED) is 0.491. The fourth-order valence-electron chi connectivity index (χ4n) is 4.84. The Morgan fingerprint density at radius 1 is 0.906 bits per heavy atom. The summed E-state index contributed by atoms with van der Waals surface area (Å²) in [6.45, 7) is 6.39. The zero-order valence-electron chi connectivity index (χ0n) is 18.6. The number of fused-ring (bicyclic) bond motifs is 1. The number of aromatic nitrogens is 3. The maximum atomic E-state index is 4.84. The highest BCUT2D eigenvalue weighted by molar-refractivity contribution is 5.88. The normalized spacial score (nSPS) is 17.9. The Labute approximate surface area is 190 Å². The smallest absolute Gasteiger partial charge is 0.145 e. The highest BCUT2D eigenvalue weighted by Crippen LogP contribution is 2.30. The van der Waals surface area contributed by atoms with Crippen molar-refractivity contribution in [2.75, 3.05) is 23.7 Å². The molecule has 3 N–H and O–H groups in total. The van der Waals surface area contributed by atoms with Gasteiger partial charge in [-0.25, -0.2) is 9.97 Å². The van der Waals surface area contributed by atoms with E-state index in [1.807, 2.05) is 18.6 Å². The molecule has 5 rings (SSSR count). The van der Waals surface area contributed by atoms with Crippen molar-refractivity contribution < 1.29 is 0 Å². The average molecular weight is 429 g/mol. The lowest BCUT2D eigenvalue weighted by molar-refractivity contribution is 0.405. The summed E-state index contributed by atoms with van der Waals surface area (Å²) >= 11 is 0. The number of piperidine rings is 1. The van der Waals surface area contributed by atoms with Crippen LogP contribution in [0.5, 0.6) is 0 Å². The van der Waals surface area contributed by atoms with Crippen LogP contribution in [0.3, 0.4) is 0 Å². The van der Waals surface area contributed by atoms with Gasteiger partial charge in [-0.15, -0.1) is 0 Å². The molecule has 0 bridgehead atoms. The Morgan fingerprint density at radius 2 is 1.75 bits per heavy atom. The second kappa shape index (κ2) is 9.65. The van der Waals surface area contributed by atoms with Gasteiger partial charge in [0.2, 0.25) is 0 Å². The summed E-state index contributed by atoms with van der Waals surface area (Å²) in [4.78, 5) is 13.9. The first-order chi connectivity index (χ1) is 15.7. The van der Waals surface area contributed by atoms with E-state index in [0.29, 0.717) is 12.0 Å². The molecule has 2 fully saturated rings. The van der Waals surface area contributed by atoms with Gasteiger partial charge in [0.15, 0.2) is 0 Å². The molecule has 0 radical (unpaired) electrons. The maximum absolute atomic E-state index is 4.84. The van der Waals surface area contributed by atoms with Crippen LogP contribution in [0.1, 0.15) is 44.9 Å². The number of pyridine rings is 1. The van der Waals surface area contributed by atoms with Crippen LogP contribution < -0.4 is 16.0 Å². The minimum Gasteiger partial charge on any atom is -0.366 e. The van der Waals surface area contributed by atoms with Crippen molar-refractivity contribution in [2.45, 2.75) is 51.0 Å². The Balaban J connectivity index is 1.34. The van der Waals surface area contributed by atoms with Crippen molar-refractivity contribution in [3.63, 3.8) is 0 Å². The van der Waals surface area contributed by atoms with Crippen LogP contribution in [0, 0.1) is 5.92 Å². The molecule has 3 aromatic rings. The minimum absolute atomic E-state index is 0.453. The van der Waals surface area contributed by atoms with Crippen LogP contribution in [0.4, 0.5) is 11.6 Å². The summed E-state index contributed by atoms with van der Waals surface area (Å²) in [7, 11) is 0. The molecule has 2 aliphatic rings. The van der Waals surface area contributed by atoms with Crippen molar-refractivity contribution in [3.05, 3.63) is 55.1 Å². The molecule has 1 saturated carbocycles. The highest BCUT2D eigenvalue weighted by atomic mass is 15.1. The summed E-state index contributed by atoms with van der Waals surface area (Å²) in [5, 5.41) is 12.7. The number of allylic oxidation sites excluding steroid dienone is 1. The number of hydrogen-bond donors (Lipinski definition) is 3. The van der Waals surface area contributed by atoms with Crippen LogP contribution in [0.15, 0.2) is 55.1 Å². The third kappa shape index (κ3) is 4.91. The van der Waals surface area contributed by atoms with Crippen LogP contribution in [0.2, 0.25) is 0 Å². The maximum Gasteiger partial charge on any atom is 0.145 e. The van der Waals surface area contributed by atoms with Gasteiger partial charge in [-0.1, -0.05) is 38.0 Å². The Morgan fingerprint density at radius 3 is 2.59 bits per heavy atom. The Hall–Kier alpha value is -2.99. The number of benzene rings is 1. The first-order valence-corrected chi connectivity index (χ1v) is 11.9. The Bertz CT molecular complexity index is 1080. The van der Waals surface area contributed by atoms with Gasteiger partial charge in [-0.3, -0.25) is 4.98 Å². The third-order valence-corrected chi connectivity index (χ3v) is 6.73. The van der Waals surface area contributed by atoms with E-state index in [0.717, 1.165) is 65.3 Å². The molecule has 1 aliphatic carbocycles. The van der Waals surface area contributed by atoms with Crippen LogP contribution in [-0.4, -0.2) is 34.1 Å². The van der Waals surface area contributed by atoms with Crippen molar-refractivity contribution >= 4 is 22.4 Å². The van der Waals surface area contributed by atoms with Gasteiger partial charge in [-0.05, 0) is 62.2 Å². The molecule has 0 unspecified atom stereocenters. The second-order valence-corrected chi connectivity index (χ2v) is 9.07. The van der Waals surface area contributed by atoms with E-state index in [1.165, 1.54) is 32.1 Å². The molecular weight excluding hydrogens is 396 g/mol. The zero-order valence-corrected chi connectivity index (χ0v) is 18.6. The predicted molar refractivity (Wildman–Crippen MR) is 132 cm³/mol. The largest absolute Gasteiger partial charge is 0.366 e. The van der Waals surface area contributed by atoms with Crippen LogP contribution in [0.25, 0.3) is 22.0 Å². The van der Waals surface area contributed by atoms with Crippen molar-refractivity contribution in [2.24, 2.45) is 5.92 Å². The first-order valence-electron chi connectivity index (χ1n) is 11.9. The number of anilines is 2. The molecule has 1 aliphatic heterocycles. The second-order valence-electron chi connectivity index (χ2n) is 9.07. The summed E-state index contributed by atoms with van der Waals surface area (Å²) in [5.41, 5.74) is 3.03. The monoisotopic (exact) mass is 428 g/mol. The van der Waals surface area contributed by atoms with E-state index in [-0.39, 0.29) is 0 Å². The number of nitrogens with zero attached hydrogens (tertiary/aromatic N) is 3. The van der Waals surface area contributed by atoms with Crippen molar-refractivity contribution in [3.8, 4) is 11.3 Å². The molecular formula is C26H32N6.